The molecule has 1 fully saturated rings. The Morgan fingerprint density at radius 2 is 2.25 bits per heavy atom. The summed E-state index contributed by atoms with van der Waals surface area (Å²) in [5.74, 6) is 0.143. The molecule has 1 aliphatic heterocycles. The van der Waals surface area contributed by atoms with Crippen LogP contribution in [0.3, 0.4) is 0 Å². The lowest BCUT2D eigenvalue weighted by atomic mass is 10.1. The molecule has 1 heterocycles. The van der Waals surface area contributed by atoms with Crippen molar-refractivity contribution in [3.63, 3.8) is 0 Å². The topological polar surface area (TPSA) is 32.3 Å². The summed E-state index contributed by atoms with van der Waals surface area (Å²) in [7, 11) is 0. The van der Waals surface area contributed by atoms with E-state index in [4.69, 9.17) is 0 Å². The summed E-state index contributed by atoms with van der Waals surface area (Å²) < 4.78 is 0.969. The Balaban J connectivity index is 2.12. The van der Waals surface area contributed by atoms with Crippen LogP contribution in [0.4, 0.5) is 0 Å². The molecule has 110 valence electrons. The molecular formula is C16H23BrN2O. The third-order valence-corrected chi connectivity index (χ3v) is 4.13. The maximum absolute atomic E-state index is 12.7. The maximum Gasteiger partial charge on any atom is 0.253 e. The van der Waals surface area contributed by atoms with Gasteiger partial charge in [0.05, 0.1) is 0 Å². The molecule has 1 unspecified atom stereocenters. The average Bonchev–Trinajstić information content (AvgIpc) is 2.89. The Hall–Kier alpha value is -0.870. The summed E-state index contributed by atoms with van der Waals surface area (Å²) in [6, 6.07) is 6.37. The minimum atomic E-state index is 0.143. The minimum absolute atomic E-state index is 0.143. The fourth-order valence-electron chi connectivity index (χ4n) is 2.77. The second kappa shape index (κ2) is 7.23. The van der Waals surface area contributed by atoms with Crippen molar-refractivity contribution in [3.8, 4) is 0 Å². The van der Waals surface area contributed by atoms with Gasteiger partial charge in [0.2, 0.25) is 0 Å². The Morgan fingerprint density at radius 1 is 1.45 bits per heavy atom. The maximum atomic E-state index is 12.7. The zero-order valence-corrected chi connectivity index (χ0v) is 13.9. The molecule has 20 heavy (non-hydrogen) atoms. The lowest BCUT2D eigenvalue weighted by Gasteiger charge is -2.26. The molecule has 0 saturated carbocycles. The smallest absolute Gasteiger partial charge is 0.253 e. The van der Waals surface area contributed by atoms with Crippen molar-refractivity contribution in [2.24, 2.45) is 0 Å². The van der Waals surface area contributed by atoms with Gasteiger partial charge in [0.25, 0.3) is 5.91 Å². The molecule has 3 nitrogen and oxygen atoms in total. The highest BCUT2D eigenvalue weighted by Gasteiger charge is 2.22. The molecule has 1 aliphatic rings. The summed E-state index contributed by atoms with van der Waals surface area (Å²) in [5.41, 5.74) is 1.89. The molecular weight excluding hydrogens is 316 g/mol. The molecule has 0 aliphatic carbocycles. The molecule has 2 rings (SSSR count). The molecule has 0 radical (unpaired) electrons. The first kappa shape index (κ1) is 15.5. The third kappa shape index (κ3) is 4.06. The standard InChI is InChI=1S/C16H23BrN2O/c1-3-7-19(11-15-5-4-6-18-15)16(20)13-8-12(2)9-14(17)10-13/h8-10,15,18H,3-7,11H2,1-2H3. The van der Waals surface area contributed by atoms with E-state index in [2.05, 4.69) is 28.2 Å². The first-order valence-corrected chi connectivity index (χ1v) is 8.19. The molecule has 1 saturated heterocycles. The molecule has 1 aromatic rings. The van der Waals surface area contributed by atoms with Crippen LogP contribution < -0.4 is 5.32 Å². The van der Waals surface area contributed by atoms with Gasteiger partial charge in [0, 0.05) is 29.2 Å². The van der Waals surface area contributed by atoms with E-state index in [9.17, 15) is 4.79 Å². The monoisotopic (exact) mass is 338 g/mol. The fraction of sp³-hybridized carbons (Fsp3) is 0.562. The number of benzene rings is 1. The largest absolute Gasteiger partial charge is 0.337 e. The molecule has 0 aromatic heterocycles. The van der Waals surface area contributed by atoms with Gasteiger partial charge >= 0.3 is 0 Å². The quantitative estimate of drug-likeness (QED) is 0.892. The van der Waals surface area contributed by atoms with Crippen LogP contribution in [-0.4, -0.2) is 36.5 Å². The molecule has 1 N–H and O–H groups in total. The third-order valence-electron chi connectivity index (χ3n) is 3.67. The van der Waals surface area contributed by atoms with Gasteiger partial charge in [0.1, 0.15) is 0 Å². The van der Waals surface area contributed by atoms with E-state index in [1.165, 1.54) is 12.8 Å². The number of halogens is 1. The Kier molecular flexibility index (Phi) is 5.61. The average molecular weight is 339 g/mol. The lowest BCUT2D eigenvalue weighted by molar-refractivity contribution is 0.0741. The highest BCUT2D eigenvalue weighted by Crippen LogP contribution is 2.18. The summed E-state index contributed by atoms with van der Waals surface area (Å²) in [5, 5.41) is 3.47. The van der Waals surface area contributed by atoms with E-state index in [1.54, 1.807) is 0 Å². The van der Waals surface area contributed by atoms with E-state index >= 15 is 0 Å². The van der Waals surface area contributed by atoms with Gasteiger partial charge in [0.15, 0.2) is 0 Å². The van der Waals surface area contributed by atoms with Crippen LogP contribution in [-0.2, 0) is 0 Å². The number of aryl methyl sites for hydroxylation is 1. The summed E-state index contributed by atoms with van der Waals surface area (Å²) in [6.45, 7) is 6.86. The molecule has 4 heteroatoms. The number of amides is 1. The second-order valence-corrected chi connectivity index (χ2v) is 6.48. The van der Waals surface area contributed by atoms with Crippen LogP contribution in [0.5, 0.6) is 0 Å². The van der Waals surface area contributed by atoms with Gasteiger partial charge in [-0.05, 0) is 56.5 Å². The van der Waals surface area contributed by atoms with Crippen molar-refractivity contribution in [3.05, 3.63) is 33.8 Å². The number of nitrogens with zero attached hydrogens (tertiary/aromatic N) is 1. The van der Waals surface area contributed by atoms with Gasteiger partial charge in [-0.15, -0.1) is 0 Å². The normalized spacial score (nSPS) is 18.2. The first-order valence-electron chi connectivity index (χ1n) is 7.40. The molecule has 1 amide bonds. The zero-order valence-electron chi connectivity index (χ0n) is 12.3. The Morgan fingerprint density at radius 3 is 2.85 bits per heavy atom. The van der Waals surface area contributed by atoms with Gasteiger partial charge in [-0.3, -0.25) is 4.79 Å². The van der Waals surface area contributed by atoms with Crippen LogP contribution in [0, 0.1) is 6.92 Å². The van der Waals surface area contributed by atoms with E-state index < -0.39 is 0 Å². The second-order valence-electron chi connectivity index (χ2n) is 5.56. The summed E-state index contributed by atoms with van der Waals surface area (Å²) in [6.07, 6.45) is 3.38. The van der Waals surface area contributed by atoms with Gasteiger partial charge in [-0.1, -0.05) is 22.9 Å². The first-order chi connectivity index (χ1) is 9.60. The van der Waals surface area contributed by atoms with Crippen molar-refractivity contribution < 1.29 is 4.79 Å². The van der Waals surface area contributed by atoms with E-state index in [0.717, 1.165) is 41.7 Å². The van der Waals surface area contributed by atoms with E-state index in [0.29, 0.717) is 6.04 Å². The molecule has 1 aromatic carbocycles. The summed E-state index contributed by atoms with van der Waals surface area (Å²) >= 11 is 3.47. The Labute approximate surface area is 129 Å². The van der Waals surface area contributed by atoms with Crippen molar-refractivity contribution in [1.82, 2.24) is 10.2 Å². The van der Waals surface area contributed by atoms with Gasteiger partial charge in [-0.2, -0.15) is 0 Å². The minimum Gasteiger partial charge on any atom is -0.337 e. The van der Waals surface area contributed by atoms with Gasteiger partial charge < -0.3 is 10.2 Å². The Bertz CT molecular complexity index is 449. The van der Waals surface area contributed by atoms with Crippen molar-refractivity contribution >= 4 is 21.8 Å². The predicted octanol–water partition coefficient (Wildman–Crippen LogP) is 3.36. The number of hydrogen-bond acceptors (Lipinski definition) is 2. The highest BCUT2D eigenvalue weighted by molar-refractivity contribution is 9.10. The van der Waals surface area contributed by atoms with Crippen molar-refractivity contribution in [2.75, 3.05) is 19.6 Å². The molecule has 1 atom stereocenters. The molecule has 0 spiro atoms. The zero-order chi connectivity index (χ0) is 14.5. The summed E-state index contributed by atoms with van der Waals surface area (Å²) in [4.78, 5) is 14.7. The van der Waals surface area contributed by atoms with Crippen molar-refractivity contribution in [2.45, 2.75) is 39.2 Å². The number of carbonyl (C=O) groups is 1. The van der Waals surface area contributed by atoms with Crippen LogP contribution in [0.2, 0.25) is 0 Å². The van der Waals surface area contributed by atoms with Crippen LogP contribution in [0.1, 0.15) is 42.1 Å². The highest BCUT2D eigenvalue weighted by atomic mass is 79.9. The molecule has 0 bridgehead atoms. The number of hydrogen-bond donors (Lipinski definition) is 1. The number of rotatable bonds is 5. The number of carbonyl (C=O) groups excluding carboxylic acids is 1. The van der Waals surface area contributed by atoms with Crippen LogP contribution in [0.25, 0.3) is 0 Å². The van der Waals surface area contributed by atoms with E-state index in [1.807, 2.05) is 30.0 Å². The fourth-order valence-corrected chi connectivity index (χ4v) is 3.37. The number of nitrogens with one attached hydrogen (secondary N) is 1. The lowest BCUT2D eigenvalue weighted by Crippen LogP contribution is -2.41. The predicted molar refractivity (Wildman–Crippen MR) is 86.1 cm³/mol. The van der Waals surface area contributed by atoms with Gasteiger partial charge in [-0.25, -0.2) is 0 Å². The van der Waals surface area contributed by atoms with Crippen molar-refractivity contribution in [1.29, 1.82) is 0 Å². The SMILES string of the molecule is CCCN(CC1CCCN1)C(=O)c1cc(C)cc(Br)c1. The van der Waals surface area contributed by atoms with E-state index in [-0.39, 0.29) is 5.91 Å². The van der Waals surface area contributed by atoms with Crippen LogP contribution >= 0.6 is 15.9 Å². The van der Waals surface area contributed by atoms with Crippen LogP contribution in [0.15, 0.2) is 22.7 Å².